The number of rotatable bonds is 38. The molecule has 0 bridgehead atoms. The van der Waals surface area contributed by atoms with Crippen LogP contribution in [-0.2, 0) is 68.8 Å². The van der Waals surface area contributed by atoms with E-state index < -0.39 is 45.8 Å². The van der Waals surface area contributed by atoms with Crippen molar-refractivity contribution in [2.45, 2.75) is 12.5 Å². The monoisotopic (exact) mass is 1220 g/mol. The number of hydrogen-bond donors (Lipinski definition) is 4. The first-order valence-electron chi connectivity index (χ1n) is 24.3. The molecule has 4 N–H and O–H groups in total. The third-order valence-corrected chi connectivity index (χ3v) is 17.5. The number of carboxylic acids is 3. The smallest absolute Gasteiger partial charge is 0.373 e. The molecule has 0 radical (unpaired) electrons. The molecule has 2 aliphatic heterocycles. The zero-order valence-electron chi connectivity index (χ0n) is 44.0. The first-order chi connectivity index (χ1) is 37.4. The van der Waals surface area contributed by atoms with Gasteiger partial charge in [0.15, 0.2) is 9.84 Å². The fraction of sp³-hybridized carbons (Fsp3) is 0.660. The van der Waals surface area contributed by atoms with Gasteiger partial charge < -0.3 is 34.8 Å². The largest absolute Gasteiger partial charge is 0.480 e. The van der Waals surface area contributed by atoms with E-state index >= 15 is 0 Å². The lowest BCUT2D eigenvalue weighted by molar-refractivity contribution is -0.193. The molecule has 1 atom stereocenters. The number of carbonyl (C=O) groups excluding carboxylic acids is 7. The fourth-order valence-electron chi connectivity index (χ4n) is 7.32. The minimum Gasteiger partial charge on any atom is -0.480 e. The van der Waals surface area contributed by atoms with Gasteiger partial charge in [-0.2, -0.15) is 78.0 Å². The maximum atomic E-state index is 13.6. The van der Waals surface area contributed by atoms with Crippen molar-refractivity contribution in [2.75, 3.05) is 187 Å². The Morgan fingerprint density at radius 2 is 1.10 bits per heavy atom. The zero-order chi connectivity index (χ0) is 58.1. The SMILES string of the molecule is C=C1N(CCOCCSCCSC)C(=O)N(CCOCCS(=O)(=O)CCSCC(=O)Nc2ccc(CC3CN(CC(=O)O)CCN(CC(=O)O)CCN3CC(=O)O)cc2)C(=O)N1CCOCCSCCSC.O=C=O.O=C=O. The number of carboxylic acid groups (broad SMARTS) is 3. The Morgan fingerprint density at radius 3 is 1.62 bits per heavy atom. The van der Waals surface area contributed by atoms with Gasteiger partial charge in [0.25, 0.3) is 0 Å². The maximum Gasteiger partial charge on any atom is 0.373 e. The van der Waals surface area contributed by atoms with Gasteiger partial charge in [-0.1, -0.05) is 18.7 Å². The van der Waals surface area contributed by atoms with Crippen molar-refractivity contribution >= 4 is 123 Å². The summed E-state index contributed by atoms with van der Waals surface area (Å²) in [7, 11) is -3.57. The van der Waals surface area contributed by atoms with Crippen molar-refractivity contribution in [3.05, 3.63) is 42.2 Å². The number of anilines is 1. The van der Waals surface area contributed by atoms with Crippen LogP contribution >= 0.6 is 58.8 Å². The Bertz CT molecular complexity index is 2100. The summed E-state index contributed by atoms with van der Waals surface area (Å²) in [6.45, 7) is 6.12. The topological polar surface area (TPSA) is 325 Å². The number of thioether (sulfide) groups is 5. The second-order valence-corrected chi connectivity index (χ2v) is 24.5. The molecule has 2 heterocycles. The molecule has 3 rings (SSSR count). The molecule has 2 fully saturated rings. The molecular formula is C47H73N7O18S6. The van der Waals surface area contributed by atoms with Gasteiger partial charge in [0, 0.05) is 84.7 Å². The Morgan fingerprint density at radius 1 is 0.628 bits per heavy atom. The number of urea groups is 2. The number of nitrogens with zero attached hydrogens (tertiary/aromatic N) is 6. The number of amides is 5. The molecule has 440 valence electrons. The quantitative estimate of drug-likeness (QED) is 0.0683. The normalized spacial score (nSPS) is 15.6. The Kier molecular flexibility index (Phi) is 40.1. The summed E-state index contributed by atoms with van der Waals surface area (Å²) >= 11 is 8.31. The van der Waals surface area contributed by atoms with Crippen LogP contribution < -0.4 is 5.32 Å². The molecular weight excluding hydrogens is 1140 g/mol. The van der Waals surface area contributed by atoms with Crippen LogP contribution in [0.15, 0.2) is 36.7 Å². The summed E-state index contributed by atoms with van der Waals surface area (Å²) in [5.41, 5.74) is 1.30. The minimum atomic E-state index is -3.57. The van der Waals surface area contributed by atoms with E-state index in [0.717, 1.165) is 56.7 Å². The molecule has 0 aliphatic carbocycles. The molecule has 25 nitrogen and oxygen atoms in total. The molecule has 78 heavy (non-hydrogen) atoms. The van der Waals surface area contributed by atoms with Gasteiger partial charge in [-0.05, 0) is 36.6 Å². The predicted octanol–water partition coefficient (Wildman–Crippen LogP) is 1.56. The highest BCUT2D eigenvalue weighted by molar-refractivity contribution is 8.03. The zero-order valence-corrected chi connectivity index (χ0v) is 48.9. The number of ether oxygens (including phenoxy) is 3. The average molecular weight is 1220 g/mol. The second kappa shape index (κ2) is 43.6. The number of benzene rings is 1. The van der Waals surface area contributed by atoms with Crippen molar-refractivity contribution < 1.29 is 85.9 Å². The van der Waals surface area contributed by atoms with Gasteiger partial charge in [0.05, 0.1) is 96.2 Å². The van der Waals surface area contributed by atoms with Crippen LogP contribution in [0.2, 0.25) is 0 Å². The van der Waals surface area contributed by atoms with Crippen LogP contribution in [0.5, 0.6) is 0 Å². The van der Waals surface area contributed by atoms with Crippen molar-refractivity contribution in [1.29, 1.82) is 0 Å². The Labute approximate surface area is 476 Å². The molecule has 1 aromatic carbocycles. The highest BCUT2D eigenvalue weighted by atomic mass is 32.2. The van der Waals surface area contributed by atoms with Gasteiger partial charge in [-0.25, -0.2) is 22.9 Å². The predicted molar refractivity (Wildman–Crippen MR) is 300 cm³/mol. The molecule has 2 saturated heterocycles. The minimum absolute atomic E-state index is 0.0102. The summed E-state index contributed by atoms with van der Waals surface area (Å²) in [5, 5.41) is 31.4. The van der Waals surface area contributed by atoms with Crippen LogP contribution in [0.1, 0.15) is 5.56 Å². The number of sulfone groups is 1. The van der Waals surface area contributed by atoms with Crippen LogP contribution in [0, 0.1) is 0 Å². The van der Waals surface area contributed by atoms with E-state index in [0.29, 0.717) is 31.9 Å². The number of imide groups is 1. The molecule has 0 aromatic heterocycles. The molecule has 31 heteroatoms. The van der Waals surface area contributed by atoms with E-state index in [9.17, 15) is 52.5 Å². The summed E-state index contributed by atoms with van der Waals surface area (Å²) in [6.07, 6.45) is 4.99. The molecule has 1 unspecified atom stereocenters. The van der Waals surface area contributed by atoms with Gasteiger partial charge in [-0.15, -0.1) is 0 Å². The second-order valence-electron chi connectivity index (χ2n) is 16.6. The average Bonchev–Trinajstić information content (AvgIpc) is 3.44. The van der Waals surface area contributed by atoms with Gasteiger partial charge in [-0.3, -0.25) is 43.7 Å². The van der Waals surface area contributed by atoms with E-state index in [4.69, 9.17) is 33.4 Å². The van der Waals surface area contributed by atoms with Crippen LogP contribution in [0.4, 0.5) is 15.3 Å². The fourth-order valence-corrected chi connectivity index (χ4v) is 12.9. The summed E-state index contributed by atoms with van der Waals surface area (Å²) in [5.74, 6) is 2.21. The Hall–Kier alpha value is -4.20. The molecule has 1 aromatic rings. The van der Waals surface area contributed by atoms with Gasteiger partial charge in [0.2, 0.25) is 5.91 Å². The third-order valence-electron chi connectivity index (χ3n) is 11.0. The lowest BCUT2D eigenvalue weighted by Crippen LogP contribution is -2.60. The van der Waals surface area contributed by atoms with E-state index in [2.05, 4.69) is 24.4 Å². The van der Waals surface area contributed by atoms with Crippen molar-refractivity contribution in [1.82, 2.24) is 29.4 Å². The van der Waals surface area contributed by atoms with E-state index in [1.165, 1.54) is 9.80 Å². The van der Waals surface area contributed by atoms with Crippen molar-refractivity contribution in [3.63, 3.8) is 0 Å². The number of nitrogens with one attached hydrogen (secondary N) is 1. The van der Waals surface area contributed by atoms with Gasteiger partial charge >= 0.3 is 42.3 Å². The number of carbonyl (C=O) groups is 6. The lowest BCUT2D eigenvalue weighted by atomic mass is 10.0. The number of aliphatic carboxylic acids is 3. The van der Waals surface area contributed by atoms with E-state index in [1.54, 1.807) is 86.0 Å². The lowest BCUT2D eigenvalue weighted by Gasteiger charge is -2.42. The van der Waals surface area contributed by atoms with Crippen LogP contribution in [0.3, 0.4) is 0 Å². The van der Waals surface area contributed by atoms with Crippen molar-refractivity contribution in [2.24, 2.45) is 0 Å². The van der Waals surface area contributed by atoms with Crippen molar-refractivity contribution in [3.8, 4) is 0 Å². The molecule has 2 aliphatic rings. The molecule has 0 spiro atoms. The maximum absolute atomic E-state index is 13.6. The first-order valence-corrected chi connectivity index (χ1v) is 32.4. The highest BCUT2D eigenvalue weighted by Gasteiger charge is 2.39. The number of hydrogen-bond acceptors (Lipinski definition) is 23. The van der Waals surface area contributed by atoms with Gasteiger partial charge in [0.1, 0.15) is 5.82 Å². The highest BCUT2D eigenvalue weighted by Crippen LogP contribution is 2.22. The van der Waals surface area contributed by atoms with E-state index in [1.807, 2.05) is 0 Å². The van der Waals surface area contributed by atoms with E-state index in [-0.39, 0.29) is 139 Å². The standard InChI is InChI=1S/C45H73N7O14S6.2CO2/c1-36-50(12-15-64-18-21-69-25-23-67-2)44(60)52(45(61)51(36)13-16-65-19-22-70-26-24-68-3)14-17-66-20-28-72(62,63)29-27-71-35-40(53)46-38-6-4-37(5-7-38)30-39-31-48(33-42(56)57)9-8-47(32-41(54)55)10-11-49(39)34-43(58)59;2*2-1-3/h4-7,39H,1,8-35H2,2-3H3,(H,46,53)(H,54,55)(H,56,57)(H,58,59);;. The van der Waals surface area contributed by atoms with Crippen LogP contribution in [0.25, 0.3) is 0 Å². The first kappa shape index (κ1) is 71.8. The summed E-state index contributed by atoms with van der Waals surface area (Å²) < 4.78 is 42.9. The van der Waals surface area contributed by atoms with Crippen LogP contribution in [-0.4, -0.2) is 289 Å². The third kappa shape index (κ3) is 32.8. The molecule has 5 amide bonds. The summed E-state index contributed by atoms with van der Waals surface area (Å²) in [4.78, 5) is 116. The molecule has 0 saturated carbocycles. The summed E-state index contributed by atoms with van der Waals surface area (Å²) in [6, 6.07) is 5.41. The Balaban J connectivity index is 0.00000483.